The molecule has 0 aliphatic heterocycles. The number of nitrogens with two attached hydrogens (primary N) is 1. The maximum atomic E-state index is 10.7. The van der Waals surface area contributed by atoms with Gasteiger partial charge in [-0.1, -0.05) is 23.2 Å². The van der Waals surface area contributed by atoms with E-state index in [-0.39, 0.29) is 16.3 Å². The molecule has 0 aliphatic carbocycles. The number of nitrogen functional groups attached to an aromatic ring is 1. The maximum absolute atomic E-state index is 10.7. The van der Waals surface area contributed by atoms with E-state index < -0.39 is 5.24 Å². The minimum Gasteiger partial charge on any atom is -0.398 e. The third-order valence-corrected chi connectivity index (χ3v) is 2.23. The van der Waals surface area contributed by atoms with Gasteiger partial charge in [0, 0.05) is 5.69 Å². The smallest absolute Gasteiger partial charge is 0.254 e. The molecule has 0 atom stereocenters. The van der Waals surface area contributed by atoms with E-state index in [1.165, 1.54) is 12.1 Å². The lowest BCUT2D eigenvalue weighted by molar-refractivity contribution is 0.108. The van der Waals surface area contributed by atoms with Crippen LogP contribution in [0.2, 0.25) is 10.0 Å². The van der Waals surface area contributed by atoms with Crippen LogP contribution in [-0.2, 0) is 0 Å². The van der Waals surface area contributed by atoms with Crippen LogP contribution in [0.1, 0.15) is 10.4 Å². The monoisotopic (exact) mass is 223 g/mol. The Kier molecular flexibility index (Phi) is 2.83. The van der Waals surface area contributed by atoms with Crippen LogP contribution in [0.15, 0.2) is 12.1 Å². The first kappa shape index (κ1) is 9.65. The van der Waals surface area contributed by atoms with Crippen molar-refractivity contribution in [2.75, 3.05) is 5.73 Å². The molecule has 1 rings (SSSR count). The van der Waals surface area contributed by atoms with Crippen molar-refractivity contribution in [2.24, 2.45) is 0 Å². The summed E-state index contributed by atoms with van der Waals surface area (Å²) in [5.74, 6) is 0. The summed E-state index contributed by atoms with van der Waals surface area (Å²) in [7, 11) is 0. The summed E-state index contributed by atoms with van der Waals surface area (Å²) in [5.41, 5.74) is 5.84. The van der Waals surface area contributed by atoms with E-state index >= 15 is 0 Å². The highest BCUT2D eigenvalue weighted by atomic mass is 35.5. The Bertz CT molecular complexity index is 338. The van der Waals surface area contributed by atoms with Crippen LogP contribution in [0, 0.1) is 0 Å². The number of rotatable bonds is 1. The van der Waals surface area contributed by atoms with Crippen LogP contribution in [-0.4, -0.2) is 5.24 Å². The number of carbonyl (C=O) groups is 1. The lowest BCUT2D eigenvalue weighted by Crippen LogP contribution is -1.97. The summed E-state index contributed by atoms with van der Waals surface area (Å²) in [6.07, 6.45) is 0. The van der Waals surface area contributed by atoms with Crippen LogP contribution >= 0.6 is 34.8 Å². The second-order valence-electron chi connectivity index (χ2n) is 2.13. The molecular weight excluding hydrogens is 220 g/mol. The van der Waals surface area contributed by atoms with E-state index in [1.807, 2.05) is 0 Å². The highest BCUT2D eigenvalue weighted by molar-refractivity contribution is 6.68. The molecule has 0 heterocycles. The first-order valence-corrected chi connectivity index (χ1v) is 4.10. The Balaban J connectivity index is 3.33. The van der Waals surface area contributed by atoms with E-state index in [1.54, 1.807) is 0 Å². The Morgan fingerprint density at radius 1 is 1.25 bits per heavy atom. The number of hydrogen-bond donors (Lipinski definition) is 1. The van der Waals surface area contributed by atoms with Crippen molar-refractivity contribution in [2.45, 2.75) is 0 Å². The Labute approximate surface area is 84.2 Å². The van der Waals surface area contributed by atoms with Gasteiger partial charge < -0.3 is 5.73 Å². The molecule has 1 aromatic rings. The second kappa shape index (κ2) is 3.52. The summed E-state index contributed by atoms with van der Waals surface area (Å²) in [6, 6.07) is 2.73. The number of carbonyl (C=O) groups excluding carboxylic acids is 1. The normalized spacial score (nSPS) is 9.92. The van der Waals surface area contributed by atoms with Crippen molar-refractivity contribution < 1.29 is 4.79 Å². The molecule has 0 aliphatic rings. The minimum atomic E-state index is -0.647. The third kappa shape index (κ3) is 1.83. The fraction of sp³-hybridized carbons (Fsp3) is 0. The van der Waals surface area contributed by atoms with Gasteiger partial charge in [0.2, 0.25) is 0 Å². The molecule has 0 bridgehead atoms. The quantitative estimate of drug-likeness (QED) is 0.589. The summed E-state index contributed by atoms with van der Waals surface area (Å²) < 4.78 is 0. The standard InChI is InChI=1S/C7H4Cl3NO/c8-4-1-3(7(10)12)6(11)2-5(4)9/h1-2H,11H2. The first-order chi connectivity index (χ1) is 5.52. The zero-order valence-corrected chi connectivity index (χ0v) is 8.04. The van der Waals surface area contributed by atoms with Gasteiger partial charge in [0.05, 0.1) is 15.6 Å². The molecule has 0 spiro atoms. The molecular formula is C7H4Cl3NO. The van der Waals surface area contributed by atoms with Crippen molar-refractivity contribution in [1.29, 1.82) is 0 Å². The largest absolute Gasteiger partial charge is 0.398 e. The van der Waals surface area contributed by atoms with Gasteiger partial charge >= 0.3 is 0 Å². The van der Waals surface area contributed by atoms with Crippen LogP contribution in [0.4, 0.5) is 5.69 Å². The number of halogens is 3. The molecule has 0 aromatic heterocycles. The number of benzene rings is 1. The molecule has 2 N–H and O–H groups in total. The van der Waals surface area contributed by atoms with Gasteiger partial charge in [-0.2, -0.15) is 0 Å². The third-order valence-electron chi connectivity index (χ3n) is 1.30. The fourth-order valence-electron chi connectivity index (χ4n) is 0.732. The van der Waals surface area contributed by atoms with Crippen LogP contribution < -0.4 is 5.73 Å². The first-order valence-electron chi connectivity index (χ1n) is 2.96. The van der Waals surface area contributed by atoms with E-state index in [0.29, 0.717) is 5.02 Å². The second-order valence-corrected chi connectivity index (χ2v) is 3.28. The molecule has 5 heteroatoms. The van der Waals surface area contributed by atoms with Crippen molar-refractivity contribution in [3.05, 3.63) is 27.7 Å². The van der Waals surface area contributed by atoms with Crippen molar-refractivity contribution in [3.8, 4) is 0 Å². The van der Waals surface area contributed by atoms with Gasteiger partial charge in [-0.3, -0.25) is 4.79 Å². The minimum absolute atomic E-state index is 0.172. The number of anilines is 1. The van der Waals surface area contributed by atoms with Gasteiger partial charge in [0.15, 0.2) is 0 Å². The molecule has 12 heavy (non-hydrogen) atoms. The fourth-order valence-corrected chi connectivity index (χ4v) is 1.23. The lowest BCUT2D eigenvalue weighted by Gasteiger charge is -2.02. The van der Waals surface area contributed by atoms with Gasteiger partial charge in [-0.15, -0.1) is 0 Å². The molecule has 0 amide bonds. The summed E-state index contributed by atoms with van der Waals surface area (Å²) in [5, 5.41) is -0.0863. The highest BCUT2D eigenvalue weighted by Gasteiger charge is 2.09. The van der Waals surface area contributed by atoms with Crippen LogP contribution in [0.5, 0.6) is 0 Å². The van der Waals surface area contributed by atoms with Gasteiger partial charge in [-0.05, 0) is 23.7 Å². The van der Waals surface area contributed by atoms with Crippen LogP contribution in [0.25, 0.3) is 0 Å². The van der Waals surface area contributed by atoms with Crippen molar-refractivity contribution in [1.82, 2.24) is 0 Å². The molecule has 0 radical (unpaired) electrons. The molecule has 0 saturated heterocycles. The Hall–Kier alpha value is -0.440. The summed E-state index contributed by atoms with van der Waals surface area (Å²) in [6.45, 7) is 0. The molecule has 2 nitrogen and oxygen atoms in total. The molecule has 64 valence electrons. The summed E-state index contributed by atoms with van der Waals surface area (Å²) >= 11 is 16.5. The molecule has 0 saturated carbocycles. The van der Waals surface area contributed by atoms with E-state index in [4.69, 9.17) is 40.5 Å². The Morgan fingerprint density at radius 2 is 1.75 bits per heavy atom. The molecule has 0 unspecified atom stereocenters. The Morgan fingerprint density at radius 3 is 2.25 bits per heavy atom. The molecule has 0 fully saturated rings. The zero-order valence-electron chi connectivity index (χ0n) is 5.77. The predicted molar refractivity (Wildman–Crippen MR) is 51.1 cm³/mol. The van der Waals surface area contributed by atoms with E-state index in [9.17, 15) is 4.79 Å². The maximum Gasteiger partial charge on any atom is 0.254 e. The predicted octanol–water partition coefficient (Wildman–Crippen LogP) is 2.95. The average Bonchev–Trinajstić information content (AvgIpc) is 1.96. The van der Waals surface area contributed by atoms with Crippen molar-refractivity contribution in [3.63, 3.8) is 0 Å². The van der Waals surface area contributed by atoms with Gasteiger partial charge in [0.1, 0.15) is 0 Å². The zero-order chi connectivity index (χ0) is 9.30. The van der Waals surface area contributed by atoms with Gasteiger partial charge in [0.25, 0.3) is 5.24 Å². The number of hydrogen-bond acceptors (Lipinski definition) is 2. The van der Waals surface area contributed by atoms with E-state index in [0.717, 1.165) is 0 Å². The summed E-state index contributed by atoms with van der Waals surface area (Å²) in [4.78, 5) is 10.7. The lowest BCUT2D eigenvalue weighted by atomic mass is 10.2. The van der Waals surface area contributed by atoms with E-state index in [2.05, 4.69) is 0 Å². The average molecular weight is 224 g/mol. The van der Waals surface area contributed by atoms with Gasteiger partial charge in [-0.25, -0.2) is 0 Å². The highest BCUT2D eigenvalue weighted by Crippen LogP contribution is 2.28. The molecule has 1 aromatic carbocycles. The van der Waals surface area contributed by atoms with Crippen molar-refractivity contribution >= 4 is 45.7 Å². The van der Waals surface area contributed by atoms with Crippen LogP contribution in [0.3, 0.4) is 0 Å². The topological polar surface area (TPSA) is 43.1 Å². The SMILES string of the molecule is Nc1cc(Cl)c(Cl)cc1C(=O)Cl.